The highest BCUT2D eigenvalue weighted by molar-refractivity contribution is 5.69. The SMILES string of the molecule is CCCCCCC(CCCCCCCCCC(CC(CC)CCCC)C(=O)O)OC(C)=O. The van der Waals surface area contributed by atoms with E-state index in [4.69, 9.17) is 4.74 Å². The summed E-state index contributed by atoms with van der Waals surface area (Å²) < 4.78 is 5.50. The first kappa shape index (κ1) is 30.9. The normalized spacial score (nSPS) is 14.1. The number of ether oxygens (including phenoxy) is 1. The number of rotatable bonds is 23. The van der Waals surface area contributed by atoms with E-state index < -0.39 is 5.97 Å². The molecule has 0 aliphatic heterocycles. The third-order valence-corrected chi connectivity index (χ3v) is 6.80. The van der Waals surface area contributed by atoms with E-state index >= 15 is 0 Å². The summed E-state index contributed by atoms with van der Waals surface area (Å²) in [6.45, 7) is 8.13. The molecule has 32 heavy (non-hydrogen) atoms. The van der Waals surface area contributed by atoms with Gasteiger partial charge < -0.3 is 9.84 Å². The molecule has 0 aromatic carbocycles. The number of carbonyl (C=O) groups is 2. The van der Waals surface area contributed by atoms with Crippen LogP contribution in [0.5, 0.6) is 0 Å². The highest BCUT2D eigenvalue weighted by Crippen LogP contribution is 2.26. The van der Waals surface area contributed by atoms with Gasteiger partial charge in [0.25, 0.3) is 0 Å². The van der Waals surface area contributed by atoms with E-state index in [1.165, 1.54) is 71.1 Å². The van der Waals surface area contributed by atoms with Crippen LogP contribution in [0.1, 0.15) is 150 Å². The largest absolute Gasteiger partial charge is 0.481 e. The van der Waals surface area contributed by atoms with Gasteiger partial charge in [-0.3, -0.25) is 9.59 Å². The minimum absolute atomic E-state index is 0.0987. The van der Waals surface area contributed by atoms with Crippen molar-refractivity contribution in [1.29, 1.82) is 0 Å². The first-order valence-electron chi connectivity index (χ1n) is 13.8. The van der Waals surface area contributed by atoms with Crippen molar-refractivity contribution in [2.75, 3.05) is 0 Å². The zero-order valence-electron chi connectivity index (χ0n) is 21.8. The summed E-state index contributed by atoms with van der Waals surface area (Å²) in [4.78, 5) is 23.0. The second kappa shape index (κ2) is 21.8. The zero-order valence-corrected chi connectivity index (χ0v) is 21.8. The molecule has 0 fully saturated rings. The number of aliphatic carboxylic acids is 1. The van der Waals surface area contributed by atoms with Crippen LogP contribution in [0.15, 0.2) is 0 Å². The molecule has 0 heterocycles. The van der Waals surface area contributed by atoms with Gasteiger partial charge in [-0.15, -0.1) is 0 Å². The minimum Gasteiger partial charge on any atom is -0.481 e. The van der Waals surface area contributed by atoms with Gasteiger partial charge in [-0.2, -0.15) is 0 Å². The third-order valence-electron chi connectivity index (χ3n) is 6.80. The first-order valence-corrected chi connectivity index (χ1v) is 13.8. The van der Waals surface area contributed by atoms with Crippen molar-refractivity contribution in [3.63, 3.8) is 0 Å². The number of hydrogen-bond acceptors (Lipinski definition) is 3. The number of hydrogen-bond donors (Lipinski definition) is 1. The van der Waals surface area contributed by atoms with Gasteiger partial charge in [-0.05, 0) is 44.4 Å². The van der Waals surface area contributed by atoms with Crippen LogP contribution in [0.4, 0.5) is 0 Å². The van der Waals surface area contributed by atoms with Crippen molar-refractivity contribution >= 4 is 11.9 Å². The van der Waals surface area contributed by atoms with Crippen LogP contribution in [-0.4, -0.2) is 23.1 Å². The summed E-state index contributed by atoms with van der Waals surface area (Å²) in [5.41, 5.74) is 0. The second-order valence-electron chi connectivity index (χ2n) is 9.82. The van der Waals surface area contributed by atoms with Crippen LogP contribution >= 0.6 is 0 Å². The summed E-state index contributed by atoms with van der Waals surface area (Å²) in [5.74, 6) is -0.344. The predicted octanol–water partition coefficient (Wildman–Crippen LogP) is 8.71. The monoisotopic (exact) mass is 454 g/mol. The summed E-state index contributed by atoms with van der Waals surface area (Å²) in [7, 11) is 0. The van der Waals surface area contributed by atoms with Crippen molar-refractivity contribution in [2.45, 2.75) is 156 Å². The molecule has 190 valence electrons. The molecule has 0 spiro atoms. The Morgan fingerprint density at radius 2 is 1.19 bits per heavy atom. The maximum Gasteiger partial charge on any atom is 0.306 e. The standard InChI is InChI=1S/C28H54O4/c1-5-8-10-17-21-27(32-24(4)29)22-18-15-13-11-12-14-16-20-26(28(30)31)23-25(7-3)19-9-6-2/h25-27H,5-23H2,1-4H3,(H,30,31). The lowest BCUT2D eigenvalue weighted by molar-refractivity contribution is -0.147. The van der Waals surface area contributed by atoms with Crippen LogP contribution in [0.3, 0.4) is 0 Å². The van der Waals surface area contributed by atoms with E-state index in [1.807, 2.05) is 0 Å². The molecular weight excluding hydrogens is 400 g/mol. The number of carboxylic acids is 1. The van der Waals surface area contributed by atoms with E-state index in [0.29, 0.717) is 5.92 Å². The lowest BCUT2D eigenvalue weighted by atomic mass is 9.86. The quantitative estimate of drug-likeness (QED) is 0.124. The van der Waals surface area contributed by atoms with Gasteiger partial charge >= 0.3 is 11.9 Å². The van der Waals surface area contributed by atoms with Crippen molar-refractivity contribution in [3.8, 4) is 0 Å². The summed E-state index contributed by atoms with van der Waals surface area (Å²) in [6.07, 6.45) is 21.5. The van der Waals surface area contributed by atoms with Crippen molar-refractivity contribution in [1.82, 2.24) is 0 Å². The van der Waals surface area contributed by atoms with Gasteiger partial charge in [0, 0.05) is 6.92 Å². The predicted molar refractivity (Wildman–Crippen MR) is 135 cm³/mol. The van der Waals surface area contributed by atoms with Gasteiger partial charge in [-0.1, -0.05) is 104 Å². The smallest absolute Gasteiger partial charge is 0.306 e. The Morgan fingerprint density at radius 3 is 1.66 bits per heavy atom. The molecule has 0 aliphatic carbocycles. The molecule has 1 N–H and O–H groups in total. The van der Waals surface area contributed by atoms with Gasteiger partial charge in [0.05, 0.1) is 5.92 Å². The molecule has 0 aromatic rings. The van der Waals surface area contributed by atoms with Crippen LogP contribution in [-0.2, 0) is 14.3 Å². The van der Waals surface area contributed by atoms with Gasteiger partial charge in [0.15, 0.2) is 0 Å². The number of carbonyl (C=O) groups excluding carboxylic acids is 1. The Morgan fingerprint density at radius 1 is 0.688 bits per heavy atom. The van der Waals surface area contributed by atoms with E-state index in [9.17, 15) is 14.7 Å². The van der Waals surface area contributed by atoms with Crippen molar-refractivity contribution in [2.24, 2.45) is 11.8 Å². The lowest BCUT2D eigenvalue weighted by Gasteiger charge is -2.19. The molecule has 0 amide bonds. The van der Waals surface area contributed by atoms with Crippen LogP contribution < -0.4 is 0 Å². The highest BCUT2D eigenvalue weighted by Gasteiger charge is 2.21. The number of unbranched alkanes of at least 4 members (excludes halogenated alkanes) is 10. The fraction of sp³-hybridized carbons (Fsp3) is 0.929. The van der Waals surface area contributed by atoms with Crippen LogP contribution in [0.25, 0.3) is 0 Å². The van der Waals surface area contributed by atoms with Crippen LogP contribution in [0.2, 0.25) is 0 Å². The van der Waals surface area contributed by atoms with Crippen molar-refractivity contribution < 1.29 is 19.4 Å². The molecule has 3 atom stereocenters. The van der Waals surface area contributed by atoms with Crippen LogP contribution in [0, 0.1) is 11.8 Å². The maximum absolute atomic E-state index is 11.7. The molecule has 0 aliphatic rings. The maximum atomic E-state index is 11.7. The topological polar surface area (TPSA) is 63.6 Å². The lowest BCUT2D eigenvalue weighted by Crippen LogP contribution is -2.18. The molecule has 0 saturated heterocycles. The Labute approximate surface area is 199 Å². The van der Waals surface area contributed by atoms with E-state index in [1.54, 1.807) is 0 Å². The molecule has 3 unspecified atom stereocenters. The molecular formula is C28H54O4. The average molecular weight is 455 g/mol. The number of carboxylic acid groups (broad SMARTS) is 1. The van der Waals surface area contributed by atoms with Gasteiger partial charge in [-0.25, -0.2) is 0 Å². The van der Waals surface area contributed by atoms with E-state index in [0.717, 1.165) is 57.8 Å². The second-order valence-corrected chi connectivity index (χ2v) is 9.82. The van der Waals surface area contributed by atoms with Gasteiger partial charge in [0.2, 0.25) is 0 Å². The summed E-state index contributed by atoms with van der Waals surface area (Å²) >= 11 is 0. The summed E-state index contributed by atoms with van der Waals surface area (Å²) in [6, 6.07) is 0. The van der Waals surface area contributed by atoms with E-state index in [-0.39, 0.29) is 18.0 Å². The molecule has 0 saturated carbocycles. The Kier molecular flexibility index (Phi) is 21.0. The molecule has 0 rings (SSSR count). The fourth-order valence-corrected chi connectivity index (χ4v) is 4.67. The fourth-order valence-electron chi connectivity index (χ4n) is 4.67. The molecule has 4 heteroatoms. The van der Waals surface area contributed by atoms with Gasteiger partial charge in [0.1, 0.15) is 6.10 Å². The summed E-state index contributed by atoms with van der Waals surface area (Å²) in [5, 5.41) is 9.59. The first-order chi connectivity index (χ1) is 15.4. The average Bonchev–Trinajstić information content (AvgIpc) is 2.76. The Balaban J connectivity index is 3.90. The number of esters is 1. The van der Waals surface area contributed by atoms with Crippen molar-refractivity contribution in [3.05, 3.63) is 0 Å². The molecule has 0 bridgehead atoms. The zero-order chi connectivity index (χ0) is 24.0. The third kappa shape index (κ3) is 18.5. The molecule has 0 radical (unpaired) electrons. The molecule has 4 nitrogen and oxygen atoms in total. The van der Waals surface area contributed by atoms with E-state index in [2.05, 4.69) is 20.8 Å². The Bertz CT molecular complexity index is 449. The highest BCUT2D eigenvalue weighted by atomic mass is 16.5. The Hall–Kier alpha value is -1.06. The molecule has 0 aromatic heterocycles. The minimum atomic E-state index is -0.600.